The Labute approximate surface area is 413 Å². The van der Waals surface area contributed by atoms with Crippen LogP contribution in [0.3, 0.4) is 0 Å². The van der Waals surface area contributed by atoms with Crippen LogP contribution in [0.25, 0.3) is 0 Å². The Morgan fingerprint density at radius 2 is 0.970 bits per heavy atom. The number of ether oxygens (including phenoxy) is 1. The molecule has 0 spiro atoms. The van der Waals surface area contributed by atoms with Crippen LogP contribution >= 0.6 is 7.82 Å². The minimum Gasteiger partial charge on any atom is -0.456 e. The van der Waals surface area contributed by atoms with E-state index in [0.717, 1.165) is 77.0 Å². The molecule has 3 unspecified atom stereocenters. The van der Waals surface area contributed by atoms with E-state index in [2.05, 4.69) is 86.8 Å². The van der Waals surface area contributed by atoms with Crippen LogP contribution in [0.15, 0.2) is 72.9 Å². The molecule has 0 bridgehead atoms. The monoisotopic (exact) mass is 960 g/mol. The normalized spacial score (nSPS) is 14.4. The zero-order valence-electron chi connectivity index (χ0n) is 44.1. The molecule has 3 atom stereocenters. The Balaban J connectivity index is 5.50. The van der Waals surface area contributed by atoms with Crippen LogP contribution < -0.4 is 5.32 Å². The molecule has 0 aromatic rings. The summed E-state index contributed by atoms with van der Waals surface area (Å²) in [6.45, 7) is 6.83. The van der Waals surface area contributed by atoms with Gasteiger partial charge in [-0.1, -0.05) is 216 Å². The summed E-state index contributed by atoms with van der Waals surface area (Å²) in [5, 5.41) is 3.01. The minimum atomic E-state index is -4.46. The maximum Gasteiger partial charge on any atom is 0.472 e. The molecular formula is C57H104N2O7P+. The molecule has 0 fully saturated rings. The minimum absolute atomic E-state index is 0.0281. The number of carbonyl (C=O) groups excluding carboxylic acids is 2. The van der Waals surface area contributed by atoms with E-state index in [-0.39, 0.29) is 37.9 Å². The van der Waals surface area contributed by atoms with Crippen molar-refractivity contribution in [1.29, 1.82) is 0 Å². The summed E-state index contributed by atoms with van der Waals surface area (Å²) in [4.78, 5) is 37.4. The predicted octanol–water partition coefficient (Wildman–Crippen LogP) is 16.1. The molecule has 10 heteroatoms. The number of quaternary nitrogens is 1. The summed E-state index contributed by atoms with van der Waals surface area (Å²) in [7, 11) is 1.45. The number of likely N-dealkylation sites (N-methyl/N-ethyl adjacent to an activating group) is 1. The molecule has 0 aromatic carbocycles. The summed E-state index contributed by atoms with van der Waals surface area (Å²) in [6.07, 6.45) is 59.0. The van der Waals surface area contributed by atoms with Crippen molar-refractivity contribution in [2.45, 2.75) is 238 Å². The molecular weight excluding hydrogens is 856 g/mol. The summed E-state index contributed by atoms with van der Waals surface area (Å²) in [5.74, 6) is -0.575. The highest BCUT2D eigenvalue weighted by Gasteiger charge is 2.30. The molecule has 67 heavy (non-hydrogen) atoms. The molecule has 0 rings (SSSR count). The number of hydrogen-bond acceptors (Lipinski definition) is 6. The first kappa shape index (κ1) is 64.5. The van der Waals surface area contributed by atoms with Crippen LogP contribution in [0.2, 0.25) is 0 Å². The van der Waals surface area contributed by atoms with Gasteiger partial charge in [-0.3, -0.25) is 18.6 Å². The number of amides is 1. The van der Waals surface area contributed by atoms with Gasteiger partial charge in [0.15, 0.2) is 0 Å². The van der Waals surface area contributed by atoms with E-state index in [1.165, 1.54) is 109 Å². The first-order valence-electron chi connectivity index (χ1n) is 27.3. The van der Waals surface area contributed by atoms with Crippen molar-refractivity contribution in [3.63, 3.8) is 0 Å². The van der Waals surface area contributed by atoms with Gasteiger partial charge < -0.3 is 19.4 Å². The Bertz CT molecular complexity index is 1380. The van der Waals surface area contributed by atoms with Gasteiger partial charge in [-0.15, -0.1) is 0 Å². The van der Waals surface area contributed by atoms with Gasteiger partial charge in [-0.05, 0) is 70.3 Å². The van der Waals surface area contributed by atoms with Crippen LogP contribution in [0.4, 0.5) is 0 Å². The van der Waals surface area contributed by atoms with Crippen molar-refractivity contribution >= 4 is 19.7 Å². The van der Waals surface area contributed by atoms with Crippen molar-refractivity contribution in [3.8, 4) is 0 Å². The standard InChI is InChI=1S/C57H103N2O7P/c1-7-10-13-16-19-22-25-27-28-29-30-32-35-37-40-43-46-49-56(60)58-54(53-65-67(62,63)64-52-51-59(4,5)6)55(48-45-42-39-36-34-31-26-23-20-17-14-11-8-2)66-57(61)50-47-44-41-38-33-24-21-18-15-12-9-3/h10,13,19,22,27-28,30,32,37,40,45,48,54-55H,7-9,11-12,14-18,20-21,23-26,29,31,33-36,38-39,41-44,46-47,49-53H2,1-6H3,(H-,58,60,62,63)/p+1/b13-10-,22-19-,28-27-,32-30-,40-37-,48-45+. The number of unbranched alkanes of at least 4 members (excludes halogenated alkanes) is 22. The van der Waals surface area contributed by atoms with Crippen LogP contribution in [0, 0.1) is 0 Å². The first-order chi connectivity index (χ1) is 32.4. The molecule has 0 saturated heterocycles. The summed E-state index contributed by atoms with van der Waals surface area (Å²) in [6, 6.07) is -0.876. The molecule has 0 aliphatic carbocycles. The molecule has 0 radical (unpaired) electrons. The third-order valence-electron chi connectivity index (χ3n) is 11.7. The van der Waals surface area contributed by atoms with E-state index >= 15 is 0 Å². The number of hydrogen-bond donors (Lipinski definition) is 2. The van der Waals surface area contributed by atoms with Crippen LogP contribution in [0.1, 0.15) is 226 Å². The third-order valence-corrected chi connectivity index (χ3v) is 12.6. The lowest BCUT2D eigenvalue weighted by Crippen LogP contribution is -2.47. The van der Waals surface area contributed by atoms with Gasteiger partial charge in [0.05, 0.1) is 33.8 Å². The Hall–Kier alpha value is -2.55. The summed E-state index contributed by atoms with van der Waals surface area (Å²) < 4.78 is 30.5. The highest BCUT2D eigenvalue weighted by Crippen LogP contribution is 2.43. The van der Waals surface area contributed by atoms with Crippen molar-refractivity contribution in [2.75, 3.05) is 40.9 Å². The molecule has 2 N–H and O–H groups in total. The van der Waals surface area contributed by atoms with Crippen molar-refractivity contribution in [3.05, 3.63) is 72.9 Å². The molecule has 0 aliphatic rings. The lowest BCUT2D eigenvalue weighted by atomic mass is 10.0. The van der Waals surface area contributed by atoms with E-state index < -0.39 is 20.0 Å². The summed E-state index contributed by atoms with van der Waals surface area (Å²) >= 11 is 0. The van der Waals surface area contributed by atoms with Gasteiger partial charge >= 0.3 is 13.8 Å². The van der Waals surface area contributed by atoms with Crippen molar-refractivity contribution in [1.82, 2.24) is 5.32 Å². The highest BCUT2D eigenvalue weighted by atomic mass is 31.2. The maximum absolute atomic E-state index is 13.4. The second kappa shape index (κ2) is 47.1. The Kier molecular flexibility index (Phi) is 45.3. The number of rotatable bonds is 48. The Morgan fingerprint density at radius 1 is 0.537 bits per heavy atom. The van der Waals surface area contributed by atoms with E-state index in [4.69, 9.17) is 13.8 Å². The average Bonchev–Trinajstić information content (AvgIpc) is 3.28. The third kappa shape index (κ3) is 48.3. The molecule has 0 heterocycles. The molecule has 9 nitrogen and oxygen atoms in total. The molecule has 1 amide bonds. The lowest BCUT2D eigenvalue weighted by Gasteiger charge is -2.27. The van der Waals surface area contributed by atoms with Gasteiger partial charge in [0.1, 0.15) is 19.3 Å². The fourth-order valence-corrected chi connectivity index (χ4v) is 8.18. The quantitative estimate of drug-likeness (QED) is 0.0205. The molecule has 0 aromatic heterocycles. The average molecular weight is 960 g/mol. The van der Waals surface area contributed by atoms with E-state index in [1.807, 2.05) is 33.3 Å². The summed E-state index contributed by atoms with van der Waals surface area (Å²) in [5.41, 5.74) is 0. The zero-order chi connectivity index (χ0) is 49.4. The van der Waals surface area contributed by atoms with Gasteiger partial charge in [0.25, 0.3) is 0 Å². The SMILES string of the molecule is CC/C=C\C/C=C\C/C=C\C/C=C\C/C=C\CCCC(=O)NC(COP(=O)(O)OCC[N+](C)(C)C)C(/C=C/CCCCCCCCCCCCC)OC(=O)CCCCCCCCCCCCC. The van der Waals surface area contributed by atoms with Crippen molar-refractivity contribution in [2.24, 2.45) is 0 Å². The first-order valence-corrected chi connectivity index (χ1v) is 28.8. The largest absolute Gasteiger partial charge is 0.472 e. The highest BCUT2D eigenvalue weighted by molar-refractivity contribution is 7.47. The number of allylic oxidation sites excluding steroid dienone is 11. The van der Waals surface area contributed by atoms with E-state index in [1.54, 1.807) is 0 Å². The lowest BCUT2D eigenvalue weighted by molar-refractivity contribution is -0.870. The second-order valence-electron chi connectivity index (χ2n) is 19.4. The number of phosphoric ester groups is 1. The van der Waals surface area contributed by atoms with Gasteiger partial charge in [0.2, 0.25) is 5.91 Å². The zero-order valence-corrected chi connectivity index (χ0v) is 45.0. The molecule has 0 aliphatic heterocycles. The van der Waals surface area contributed by atoms with Gasteiger partial charge in [-0.2, -0.15) is 0 Å². The number of carbonyl (C=O) groups is 2. The van der Waals surface area contributed by atoms with Crippen LogP contribution in [0.5, 0.6) is 0 Å². The number of esters is 1. The second-order valence-corrected chi connectivity index (χ2v) is 20.8. The van der Waals surface area contributed by atoms with E-state index in [0.29, 0.717) is 17.4 Å². The topological polar surface area (TPSA) is 111 Å². The fourth-order valence-electron chi connectivity index (χ4n) is 7.45. The smallest absolute Gasteiger partial charge is 0.456 e. The van der Waals surface area contributed by atoms with Crippen molar-refractivity contribution < 1.29 is 37.3 Å². The molecule has 0 saturated carbocycles. The van der Waals surface area contributed by atoms with Crippen LogP contribution in [-0.4, -0.2) is 74.3 Å². The van der Waals surface area contributed by atoms with Crippen LogP contribution in [-0.2, 0) is 27.9 Å². The van der Waals surface area contributed by atoms with E-state index in [9.17, 15) is 19.0 Å². The predicted molar refractivity (Wildman–Crippen MR) is 286 cm³/mol. The Morgan fingerprint density at radius 3 is 1.45 bits per heavy atom. The maximum atomic E-state index is 13.4. The number of nitrogens with one attached hydrogen (secondary N) is 1. The van der Waals surface area contributed by atoms with Gasteiger partial charge in [0, 0.05) is 12.8 Å². The number of nitrogens with zero attached hydrogens (tertiary/aromatic N) is 1. The number of phosphoric acid groups is 1. The molecule has 388 valence electrons. The fraction of sp³-hybridized carbons (Fsp3) is 0.754. The van der Waals surface area contributed by atoms with Gasteiger partial charge in [-0.25, -0.2) is 4.57 Å².